The van der Waals surface area contributed by atoms with Gasteiger partial charge in [0.1, 0.15) is 6.04 Å². The molecule has 2 aliphatic heterocycles. The fraction of sp³-hybridized carbons (Fsp3) is 0.360. The van der Waals surface area contributed by atoms with Crippen LogP contribution in [0, 0.1) is 6.92 Å². The summed E-state index contributed by atoms with van der Waals surface area (Å²) in [7, 11) is 3.67. The molecule has 2 aromatic carbocycles. The number of aryl methyl sites for hydroxylation is 2. The zero-order valence-corrected chi connectivity index (χ0v) is 18.2. The van der Waals surface area contributed by atoms with Crippen molar-refractivity contribution in [3.8, 4) is 0 Å². The largest absolute Gasteiger partial charge is 0.383 e. The van der Waals surface area contributed by atoms with Crippen LogP contribution in [-0.4, -0.2) is 59.0 Å². The third kappa shape index (κ3) is 3.05. The van der Waals surface area contributed by atoms with Gasteiger partial charge in [-0.2, -0.15) is 0 Å². The minimum absolute atomic E-state index is 0.00680. The Labute approximate surface area is 182 Å². The molecule has 0 saturated carbocycles. The summed E-state index contributed by atoms with van der Waals surface area (Å²) in [5.74, 6) is -0.00506. The molecule has 0 N–H and O–H groups in total. The number of methoxy groups -OCH3 is 1. The first-order valence-electron chi connectivity index (χ1n) is 10.7. The first-order valence-corrected chi connectivity index (χ1v) is 10.7. The number of ether oxygens (including phenoxy) is 1. The van der Waals surface area contributed by atoms with E-state index in [1.54, 1.807) is 12.0 Å². The summed E-state index contributed by atoms with van der Waals surface area (Å²) in [6.07, 6.45) is 0.535. The van der Waals surface area contributed by atoms with Crippen molar-refractivity contribution in [3.05, 3.63) is 70.9 Å². The lowest BCUT2D eigenvalue weighted by atomic mass is 9.86. The second kappa shape index (κ2) is 7.54. The van der Waals surface area contributed by atoms with Gasteiger partial charge in [0.15, 0.2) is 0 Å². The quantitative estimate of drug-likeness (QED) is 0.656. The van der Waals surface area contributed by atoms with Crippen LogP contribution in [-0.2, 0) is 27.8 Å². The predicted octanol–water partition coefficient (Wildman–Crippen LogP) is 2.82. The van der Waals surface area contributed by atoms with Gasteiger partial charge in [-0.25, -0.2) is 0 Å². The number of nitrogens with zero attached hydrogens (tertiary/aromatic N) is 3. The SMILES string of the molecule is COCCN1CC(=O)N2C(Cc3c(n(C)c4ccccc34)[C@H]2c2ccc(C)cc2)C1=O. The van der Waals surface area contributed by atoms with E-state index in [0.717, 1.165) is 22.2 Å². The number of para-hydroxylation sites is 1. The van der Waals surface area contributed by atoms with Crippen LogP contribution in [0.4, 0.5) is 0 Å². The second-order valence-corrected chi connectivity index (χ2v) is 8.53. The van der Waals surface area contributed by atoms with Gasteiger partial charge in [0, 0.05) is 43.7 Å². The summed E-state index contributed by atoms with van der Waals surface area (Å²) >= 11 is 0. The number of fused-ring (bicyclic) bond motifs is 4. The van der Waals surface area contributed by atoms with Crippen molar-refractivity contribution in [2.45, 2.75) is 25.4 Å². The van der Waals surface area contributed by atoms with Gasteiger partial charge in [-0.05, 0) is 24.1 Å². The number of piperazine rings is 1. The summed E-state index contributed by atoms with van der Waals surface area (Å²) < 4.78 is 7.36. The monoisotopic (exact) mass is 417 g/mol. The predicted molar refractivity (Wildman–Crippen MR) is 119 cm³/mol. The number of hydrogen-bond donors (Lipinski definition) is 0. The lowest BCUT2D eigenvalue weighted by molar-refractivity contribution is -0.159. The molecule has 0 spiro atoms. The maximum atomic E-state index is 13.5. The van der Waals surface area contributed by atoms with Crippen molar-refractivity contribution in [1.29, 1.82) is 0 Å². The third-order valence-electron chi connectivity index (χ3n) is 6.70. The first kappa shape index (κ1) is 19.8. The number of benzene rings is 2. The van der Waals surface area contributed by atoms with Gasteiger partial charge in [-0.15, -0.1) is 0 Å². The Balaban J connectivity index is 1.70. The first-order chi connectivity index (χ1) is 15.0. The van der Waals surface area contributed by atoms with E-state index in [9.17, 15) is 9.59 Å². The van der Waals surface area contributed by atoms with Crippen LogP contribution in [0.5, 0.6) is 0 Å². The Morgan fingerprint density at radius 2 is 1.81 bits per heavy atom. The highest BCUT2D eigenvalue weighted by Gasteiger charge is 2.48. The van der Waals surface area contributed by atoms with Gasteiger partial charge in [0.2, 0.25) is 11.8 Å². The van der Waals surface area contributed by atoms with E-state index in [0.29, 0.717) is 19.6 Å². The Morgan fingerprint density at radius 1 is 1.06 bits per heavy atom. The molecular weight excluding hydrogens is 390 g/mol. The van der Waals surface area contributed by atoms with Crippen LogP contribution in [0.3, 0.4) is 0 Å². The van der Waals surface area contributed by atoms with Crippen molar-refractivity contribution in [3.63, 3.8) is 0 Å². The highest BCUT2D eigenvalue weighted by atomic mass is 16.5. The summed E-state index contributed by atoms with van der Waals surface area (Å²) in [6, 6.07) is 15.8. The normalized spacial score (nSPS) is 20.9. The van der Waals surface area contributed by atoms with E-state index in [2.05, 4.69) is 54.9 Å². The molecule has 3 heterocycles. The van der Waals surface area contributed by atoms with Crippen LogP contribution < -0.4 is 0 Å². The van der Waals surface area contributed by atoms with Crippen molar-refractivity contribution in [2.75, 3.05) is 26.8 Å². The molecule has 2 aliphatic rings. The van der Waals surface area contributed by atoms with Gasteiger partial charge in [-0.1, -0.05) is 48.0 Å². The van der Waals surface area contributed by atoms with Crippen LogP contribution in [0.1, 0.15) is 28.4 Å². The number of carbonyl (C=O) groups is 2. The smallest absolute Gasteiger partial charge is 0.246 e. The van der Waals surface area contributed by atoms with Crippen molar-refractivity contribution in [2.24, 2.45) is 7.05 Å². The highest BCUT2D eigenvalue weighted by Crippen LogP contribution is 2.43. The molecule has 3 aromatic rings. The number of carbonyl (C=O) groups excluding carboxylic acids is 2. The minimum atomic E-state index is -0.497. The molecule has 1 aromatic heterocycles. The number of rotatable bonds is 4. The molecule has 0 bridgehead atoms. The summed E-state index contributed by atoms with van der Waals surface area (Å²) in [6.45, 7) is 3.01. The van der Waals surface area contributed by atoms with Gasteiger partial charge < -0.3 is 19.1 Å². The number of aromatic nitrogens is 1. The Hall–Kier alpha value is -3.12. The van der Waals surface area contributed by atoms with E-state index in [4.69, 9.17) is 4.74 Å². The van der Waals surface area contributed by atoms with Crippen molar-refractivity contribution < 1.29 is 14.3 Å². The van der Waals surface area contributed by atoms with E-state index >= 15 is 0 Å². The fourth-order valence-electron chi connectivity index (χ4n) is 5.17. The molecule has 1 unspecified atom stereocenters. The van der Waals surface area contributed by atoms with E-state index in [1.165, 1.54) is 11.1 Å². The summed E-state index contributed by atoms with van der Waals surface area (Å²) in [5.41, 5.74) is 5.60. The molecule has 6 heteroatoms. The zero-order chi connectivity index (χ0) is 21.7. The average molecular weight is 418 g/mol. The highest BCUT2D eigenvalue weighted by molar-refractivity contribution is 5.97. The van der Waals surface area contributed by atoms with E-state index in [1.807, 2.05) is 17.0 Å². The molecule has 1 saturated heterocycles. The van der Waals surface area contributed by atoms with Crippen LogP contribution >= 0.6 is 0 Å². The molecule has 31 heavy (non-hydrogen) atoms. The zero-order valence-electron chi connectivity index (χ0n) is 18.2. The van der Waals surface area contributed by atoms with E-state index < -0.39 is 6.04 Å². The van der Waals surface area contributed by atoms with Gasteiger partial charge in [0.25, 0.3) is 0 Å². The van der Waals surface area contributed by atoms with Crippen molar-refractivity contribution >= 4 is 22.7 Å². The molecule has 0 radical (unpaired) electrons. The van der Waals surface area contributed by atoms with Crippen LogP contribution in [0.25, 0.3) is 10.9 Å². The van der Waals surface area contributed by atoms with Gasteiger partial charge in [0.05, 0.1) is 19.2 Å². The molecule has 6 nitrogen and oxygen atoms in total. The minimum Gasteiger partial charge on any atom is -0.383 e. The van der Waals surface area contributed by atoms with Crippen molar-refractivity contribution in [1.82, 2.24) is 14.4 Å². The molecular formula is C25H27N3O3. The average Bonchev–Trinajstić information content (AvgIpc) is 3.07. The Kier molecular flexibility index (Phi) is 4.82. The maximum absolute atomic E-state index is 13.5. The van der Waals surface area contributed by atoms with Gasteiger partial charge >= 0.3 is 0 Å². The molecule has 0 aliphatic carbocycles. The topological polar surface area (TPSA) is 54.8 Å². The summed E-state index contributed by atoms with van der Waals surface area (Å²) in [5, 5.41) is 1.16. The van der Waals surface area contributed by atoms with Crippen LogP contribution in [0.2, 0.25) is 0 Å². The number of amides is 2. The van der Waals surface area contributed by atoms with Gasteiger partial charge in [-0.3, -0.25) is 9.59 Å². The molecule has 2 atom stereocenters. The summed E-state index contributed by atoms with van der Waals surface area (Å²) in [4.78, 5) is 30.4. The Bertz CT molecular complexity index is 1160. The third-order valence-corrected chi connectivity index (χ3v) is 6.70. The molecule has 160 valence electrons. The molecule has 2 amide bonds. The van der Waals surface area contributed by atoms with E-state index in [-0.39, 0.29) is 24.4 Å². The lowest BCUT2D eigenvalue weighted by Crippen LogP contribution is -2.63. The standard InChI is InChI=1S/C25H27N3O3/c1-16-8-10-17(11-9-16)23-24-19(18-6-4-5-7-20(18)26(24)2)14-21-25(30)27(12-13-31-3)15-22(29)28(21)23/h4-11,21,23H,12-15H2,1-3H3/t21?,23-/m1/s1. The molecule has 1 fully saturated rings. The maximum Gasteiger partial charge on any atom is 0.246 e. The second-order valence-electron chi connectivity index (χ2n) is 8.53. The van der Waals surface area contributed by atoms with Crippen LogP contribution in [0.15, 0.2) is 48.5 Å². The number of hydrogen-bond acceptors (Lipinski definition) is 3. The fourth-order valence-corrected chi connectivity index (χ4v) is 5.17. The lowest BCUT2D eigenvalue weighted by Gasteiger charge is -2.47. The Morgan fingerprint density at radius 3 is 2.55 bits per heavy atom. The molecule has 5 rings (SSSR count).